The van der Waals surface area contributed by atoms with Gasteiger partial charge in [0.25, 0.3) is 0 Å². The highest BCUT2D eigenvalue weighted by Crippen LogP contribution is 2.07. The first-order valence-electron chi connectivity index (χ1n) is 7.01. The number of carbonyl (C=O) groups excluding carboxylic acids is 1. The Bertz CT molecular complexity index is 375. The molecule has 0 spiro atoms. The summed E-state index contributed by atoms with van der Waals surface area (Å²) in [6, 6.07) is 9.83. The molecule has 1 heterocycles. The molecule has 0 aromatic heterocycles. The van der Waals surface area contributed by atoms with Gasteiger partial charge in [-0.3, -0.25) is 4.90 Å². The number of rotatable bonds is 5. The van der Waals surface area contributed by atoms with Gasteiger partial charge < -0.3 is 10.1 Å². The molecule has 0 bridgehead atoms. The minimum atomic E-state index is -0.333. The van der Waals surface area contributed by atoms with E-state index in [1.54, 1.807) is 0 Å². The van der Waals surface area contributed by atoms with E-state index in [-0.39, 0.29) is 6.09 Å². The zero-order chi connectivity index (χ0) is 13.3. The van der Waals surface area contributed by atoms with Gasteiger partial charge in [0.2, 0.25) is 0 Å². The van der Waals surface area contributed by atoms with E-state index < -0.39 is 0 Å². The van der Waals surface area contributed by atoms with Gasteiger partial charge in [0.1, 0.15) is 6.61 Å². The maximum absolute atomic E-state index is 11.5. The number of alkyl carbamates (subject to hydrolysis) is 1. The lowest BCUT2D eigenvalue weighted by molar-refractivity contribution is 0.120. The van der Waals surface area contributed by atoms with E-state index >= 15 is 0 Å². The number of hydrogen-bond donors (Lipinski definition) is 1. The first kappa shape index (κ1) is 13.9. The number of carbonyl (C=O) groups is 1. The van der Waals surface area contributed by atoms with Crippen LogP contribution in [0.1, 0.15) is 24.8 Å². The number of nitrogens with one attached hydrogen (secondary N) is 1. The predicted octanol–water partition coefficient (Wildman–Crippen LogP) is 2.40. The SMILES string of the molecule is O=C(NCc1ccccc1)OCCN1CCCCC1. The molecule has 0 aliphatic carbocycles. The highest BCUT2D eigenvalue weighted by molar-refractivity contribution is 5.67. The fourth-order valence-electron chi connectivity index (χ4n) is 2.27. The Morgan fingerprint density at radius 1 is 1.16 bits per heavy atom. The lowest BCUT2D eigenvalue weighted by Crippen LogP contribution is -2.34. The molecule has 1 aliphatic rings. The van der Waals surface area contributed by atoms with Gasteiger partial charge in [0, 0.05) is 13.1 Å². The summed E-state index contributed by atoms with van der Waals surface area (Å²) in [6.45, 7) is 4.10. The number of piperidine rings is 1. The Hall–Kier alpha value is -1.55. The van der Waals surface area contributed by atoms with Gasteiger partial charge in [0.15, 0.2) is 0 Å². The average molecular weight is 262 g/mol. The fraction of sp³-hybridized carbons (Fsp3) is 0.533. The molecule has 4 nitrogen and oxygen atoms in total. The molecule has 104 valence electrons. The van der Waals surface area contributed by atoms with Crippen LogP contribution in [-0.4, -0.2) is 37.2 Å². The summed E-state index contributed by atoms with van der Waals surface area (Å²) in [5, 5.41) is 2.76. The summed E-state index contributed by atoms with van der Waals surface area (Å²) in [5.74, 6) is 0. The standard InChI is InChI=1S/C15H22N2O2/c18-15(16-13-14-7-3-1-4-8-14)19-12-11-17-9-5-2-6-10-17/h1,3-4,7-8H,2,5-6,9-13H2,(H,16,18). The summed E-state index contributed by atoms with van der Waals surface area (Å²) in [4.78, 5) is 13.9. The van der Waals surface area contributed by atoms with E-state index in [2.05, 4.69) is 10.2 Å². The van der Waals surface area contributed by atoms with Gasteiger partial charge in [0.05, 0.1) is 0 Å². The van der Waals surface area contributed by atoms with Crippen LogP contribution in [0, 0.1) is 0 Å². The van der Waals surface area contributed by atoms with Crippen molar-refractivity contribution < 1.29 is 9.53 Å². The summed E-state index contributed by atoms with van der Waals surface area (Å²) < 4.78 is 5.17. The van der Waals surface area contributed by atoms with Crippen LogP contribution < -0.4 is 5.32 Å². The monoisotopic (exact) mass is 262 g/mol. The smallest absolute Gasteiger partial charge is 0.407 e. The van der Waals surface area contributed by atoms with Crippen LogP contribution in [0.5, 0.6) is 0 Å². The minimum absolute atomic E-state index is 0.333. The molecular formula is C15H22N2O2. The van der Waals surface area contributed by atoms with Crippen molar-refractivity contribution in [3.8, 4) is 0 Å². The summed E-state index contributed by atoms with van der Waals surface area (Å²) in [6.07, 6.45) is 3.52. The molecule has 1 amide bonds. The molecule has 4 heteroatoms. The topological polar surface area (TPSA) is 41.6 Å². The highest BCUT2D eigenvalue weighted by atomic mass is 16.5. The maximum atomic E-state index is 11.5. The second kappa shape index (κ2) is 7.79. The van der Waals surface area contributed by atoms with Crippen LogP contribution in [-0.2, 0) is 11.3 Å². The first-order valence-corrected chi connectivity index (χ1v) is 7.01. The second-order valence-corrected chi connectivity index (χ2v) is 4.88. The number of benzene rings is 1. The third-order valence-corrected chi connectivity index (χ3v) is 3.37. The molecule has 1 N–H and O–H groups in total. The Labute approximate surface area is 114 Å². The third-order valence-electron chi connectivity index (χ3n) is 3.37. The number of ether oxygens (including phenoxy) is 1. The van der Waals surface area contributed by atoms with Crippen LogP contribution in [0.2, 0.25) is 0 Å². The molecular weight excluding hydrogens is 240 g/mol. The zero-order valence-corrected chi connectivity index (χ0v) is 11.3. The van der Waals surface area contributed by atoms with Gasteiger partial charge in [-0.2, -0.15) is 0 Å². The van der Waals surface area contributed by atoms with Crippen molar-refractivity contribution in [1.29, 1.82) is 0 Å². The fourth-order valence-corrected chi connectivity index (χ4v) is 2.27. The normalized spacial score (nSPS) is 16.0. The van der Waals surface area contributed by atoms with E-state index in [0.717, 1.165) is 25.2 Å². The second-order valence-electron chi connectivity index (χ2n) is 4.88. The lowest BCUT2D eigenvalue weighted by atomic mass is 10.1. The highest BCUT2D eigenvalue weighted by Gasteiger charge is 2.10. The van der Waals surface area contributed by atoms with Gasteiger partial charge >= 0.3 is 6.09 Å². The van der Waals surface area contributed by atoms with Gasteiger partial charge in [-0.25, -0.2) is 4.79 Å². The molecule has 0 atom stereocenters. The lowest BCUT2D eigenvalue weighted by Gasteiger charge is -2.25. The molecule has 1 aromatic carbocycles. The molecule has 1 fully saturated rings. The van der Waals surface area contributed by atoms with Crippen LogP contribution in [0.4, 0.5) is 4.79 Å². The Balaban J connectivity index is 1.57. The van der Waals surface area contributed by atoms with Crippen LogP contribution in [0.15, 0.2) is 30.3 Å². The van der Waals surface area contributed by atoms with Crippen LogP contribution in [0.25, 0.3) is 0 Å². The molecule has 1 aliphatic heterocycles. The van der Waals surface area contributed by atoms with Crippen LogP contribution in [0.3, 0.4) is 0 Å². The van der Waals surface area contributed by atoms with Crippen molar-refractivity contribution in [2.75, 3.05) is 26.2 Å². The molecule has 0 saturated carbocycles. The summed E-state index contributed by atoms with van der Waals surface area (Å²) in [7, 11) is 0. The molecule has 0 radical (unpaired) electrons. The summed E-state index contributed by atoms with van der Waals surface area (Å²) >= 11 is 0. The van der Waals surface area contributed by atoms with Crippen molar-refractivity contribution in [2.24, 2.45) is 0 Å². The predicted molar refractivity (Wildman–Crippen MR) is 74.9 cm³/mol. The first-order chi connectivity index (χ1) is 9.34. The van der Waals surface area contributed by atoms with Crippen molar-refractivity contribution in [3.63, 3.8) is 0 Å². The number of hydrogen-bond acceptors (Lipinski definition) is 3. The maximum Gasteiger partial charge on any atom is 0.407 e. The number of nitrogens with zero attached hydrogens (tertiary/aromatic N) is 1. The zero-order valence-electron chi connectivity index (χ0n) is 11.3. The van der Waals surface area contributed by atoms with E-state index in [4.69, 9.17) is 4.74 Å². The van der Waals surface area contributed by atoms with Gasteiger partial charge in [-0.15, -0.1) is 0 Å². The molecule has 0 unspecified atom stereocenters. The van der Waals surface area contributed by atoms with Crippen LogP contribution >= 0.6 is 0 Å². The molecule has 1 aromatic rings. The van der Waals surface area contributed by atoms with Crippen molar-refractivity contribution in [2.45, 2.75) is 25.8 Å². The Morgan fingerprint density at radius 3 is 2.63 bits per heavy atom. The Morgan fingerprint density at radius 2 is 1.89 bits per heavy atom. The van der Waals surface area contributed by atoms with Crippen molar-refractivity contribution in [3.05, 3.63) is 35.9 Å². The average Bonchev–Trinajstić information content (AvgIpc) is 2.47. The van der Waals surface area contributed by atoms with Crippen molar-refractivity contribution >= 4 is 6.09 Å². The van der Waals surface area contributed by atoms with E-state index in [9.17, 15) is 4.79 Å². The minimum Gasteiger partial charge on any atom is -0.448 e. The third kappa shape index (κ3) is 5.30. The van der Waals surface area contributed by atoms with E-state index in [1.807, 2.05) is 30.3 Å². The van der Waals surface area contributed by atoms with E-state index in [0.29, 0.717) is 13.2 Å². The van der Waals surface area contributed by atoms with Crippen molar-refractivity contribution in [1.82, 2.24) is 10.2 Å². The van der Waals surface area contributed by atoms with E-state index in [1.165, 1.54) is 19.3 Å². The summed E-state index contributed by atoms with van der Waals surface area (Å²) in [5.41, 5.74) is 1.08. The quantitative estimate of drug-likeness (QED) is 0.886. The molecule has 1 saturated heterocycles. The molecule has 2 rings (SSSR count). The number of likely N-dealkylation sites (tertiary alicyclic amines) is 1. The van der Waals surface area contributed by atoms with Gasteiger partial charge in [-0.1, -0.05) is 36.8 Å². The molecule has 19 heavy (non-hydrogen) atoms. The largest absolute Gasteiger partial charge is 0.448 e. The Kier molecular flexibility index (Phi) is 5.69. The number of amides is 1. The van der Waals surface area contributed by atoms with Gasteiger partial charge in [-0.05, 0) is 31.5 Å².